The molecule has 0 bridgehead atoms. The molecule has 2 aliphatic rings. The van der Waals surface area contributed by atoms with E-state index in [2.05, 4.69) is 11.7 Å². The molecule has 1 aliphatic carbocycles. The average Bonchev–Trinajstić information content (AvgIpc) is 2.74. The summed E-state index contributed by atoms with van der Waals surface area (Å²) in [6.45, 7) is 0.496. The summed E-state index contributed by atoms with van der Waals surface area (Å²) < 4.78 is 83.5. The first kappa shape index (κ1) is 24.5. The zero-order chi connectivity index (χ0) is 22.6. The normalized spacial score (nSPS) is 27.5. The second-order valence-electron chi connectivity index (χ2n) is 9.35. The molecular formula is C23H32F6OSi. The van der Waals surface area contributed by atoms with Crippen LogP contribution in [0.3, 0.4) is 0 Å². The number of hydrogen-bond acceptors (Lipinski definition) is 1. The highest BCUT2D eigenvalue weighted by molar-refractivity contribution is 6.58. The van der Waals surface area contributed by atoms with Gasteiger partial charge in [0.05, 0.1) is 0 Å². The predicted molar refractivity (Wildman–Crippen MR) is 112 cm³/mol. The summed E-state index contributed by atoms with van der Waals surface area (Å²) in [5, 5.41) is 0. The standard InChI is InChI=1S/C23H32F6OSi/c1-2-9-31-10-7-17(8-11-31)15-3-5-16(6-4-15)18-12-19(24)21(20(25)13-18)30-14-23(28,29)22(26)27/h12-13,15-17,22,31H,2-11,14H2,1H3/t15?,16?,17-,31-. The Labute approximate surface area is 182 Å². The summed E-state index contributed by atoms with van der Waals surface area (Å²) in [5.41, 5.74) is 0.487. The molecule has 176 valence electrons. The minimum absolute atomic E-state index is 0.0163. The molecule has 1 heterocycles. The number of hydrogen-bond donors (Lipinski definition) is 0. The van der Waals surface area contributed by atoms with Gasteiger partial charge in [-0.2, -0.15) is 8.78 Å². The van der Waals surface area contributed by atoms with Crippen LogP contribution in [-0.2, 0) is 0 Å². The summed E-state index contributed by atoms with van der Waals surface area (Å²) in [5.74, 6) is -6.26. The molecule has 0 unspecified atom stereocenters. The summed E-state index contributed by atoms with van der Waals surface area (Å²) in [6, 6.07) is 6.55. The second kappa shape index (κ2) is 10.6. The highest BCUT2D eigenvalue weighted by atomic mass is 28.3. The number of halogens is 6. The minimum Gasteiger partial charge on any atom is -0.481 e. The molecule has 3 rings (SSSR count). The summed E-state index contributed by atoms with van der Waals surface area (Å²) >= 11 is 0. The molecule has 0 N–H and O–H groups in total. The van der Waals surface area contributed by atoms with E-state index in [1.165, 1.54) is 37.4 Å². The van der Waals surface area contributed by atoms with Gasteiger partial charge in [0.25, 0.3) is 0 Å². The van der Waals surface area contributed by atoms with Crippen molar-refractivity contribution in [2.24, 2.45) is 11.8 Å². The van der Waals surface area contributed by atoms with Crippen molar-refractivity contribution in [2.45, 2.75) is 88.3 Å². The van der Waals surface area contributed by atoms with E-state index in [4.69, 9.17) is 0 Å². The topological polar surface area (TPSA) is 9.23 Å². The molecule has 1 aliphatic heterocycles. The first-order valence-corrected chi connectivity index (χ1v) is 13.9. The lowest BCUT2D eigenvalue weighted by molar-refractivity contribution is -0.148. The third-order valence-electron chi connectivity index (χ3n) is 7.25. The van der Waals surface area contributed by atoms with Gasteiger partial charge in [-0.1, -0.05) is 44.3 Å². The van der Waals surface area contributed by atoms with Gasteiger partial charge in [0.1, 0.15) is 0 Å². The van der Waals surface area contributed by atoms with E-state index < -0.39 is 45.1 Å². The van der Waals surface area contributed by atoms with Gasteiger partial charge in [0, 0.05) is 8.80 Å². The van der Waals surface area contributed by atoms with E-state index in [0.29, 0.717) is 11.5 Å². The largest absolute Gasteiger partial charge is 0.481 e. The quantitative estimate of drug-likeness (QED) is 0.284. The van der Waals surface area contributed by atoms with Crippen molar-refractivity contribution in [3.05, 3.63) is 29.3 Å². The van der Waals surface area contributed by atoms with Gasteiger partial charge in [0.2, 0.25) is 0 Å². The fourth-order valence-corrected chi connectivity index (χ4v) is 8.95. The molecule has 0 spiro atoms. The molecule has 8 heteroatoms. The van der Waals surface area contributed by atoms with Gasteiger partial charge in [-0.3, -0.25) is 0 Å². The van der Waals surface area contributed by atoms with Gasteiger partial charge in [-0.05, 0) is 61.1 Å². The van der Waals surface area contributed by atoms with E-state index in [1.54, 1.807) is 0 Å². The van der Waals surface area contributed by atoms with Crippen molar-refractivity contribution in [3.8, 4) is 5.75 Å². The minimum atomic E-state index is -4.46. The fourth-order valence-electron chi connectivity index (χ4n) is 5.46. The van der Waals surface area contributed by atoms with Crippen LogP contribution in [0.4, 0.5) is 26.3 Å². The Hall–Kier alpha value is -1.18. The Morgan fingerprint density at radius 2 is 1.52 bits per heavy atom. The van der Waals surface area contributed by atoms with Crippen LogP contribution in [0.15, 0.2) is 12.1 Å². The molecule has 1 aromatic rings. The van der Waals surface area contributed by atoms with Gasteiger partial charge in [-0.15, -0.1) is 0 Å². The van der Waals surface area contributed by atoms with Crippen molar-refractivity contribution in [1.82, 2.24) is 0 Å². The zero-order valence-corrected chi connectivity index (χ0v) is 19.2. The number of ether oxygens (including phenoxy) is 1. The van der Waals surface area contributed by atoms with Crippen LogP contribution in [-0.4, -0.2) is 27.8 Å². The predicted octanol–water partition coefficient (Wildman–Crippen LogP) is 7.56. The van der Waals surface area contributed by atoms with Crippen molar-refractivity contribution in [2.75, 3.05) is 6.61 Å². The number of benzene rings is 1. The second-order valence-corrected chi connectivity index (χ2v) is 12.8. The molecule has 0 atom stereocenters. The molecule has 1 saturated heterocycles. The first-order chi connectivity index (χ1) is 14.7. The highest BCUT2D eigenvalue weighted by Crippen LogP contribution is 2.44. The Kier molecular flexibility index (Phi) is 8.38. The van der Waals surface area contributed by atoms with E-state index in [-0.39, 0.29) is 5.92 Å². The summed E-state index contributed by atoms with van der Waals surface area (Å²) in [6.07, 6.45) is 3.79. The third kappa shape index (κ3) is 6.20. The summed E-state index contributed by atoms with van der Waals surface area (Å²) in [7, 11) is -0.503. The van der Waals surface area contributed by atoms with Crippen LogP contribution in [0, 0.1) is 23.5 Å². The van der Waals surface area contributed by atoms with Crippen LogP contribution in [0.25, 0.3) is 0 Å². The van der Waals surface area contributed by atoms with Crippen LogP contribution < -0.4 is 4.74 Å². The molecular weight excluding hydrogens is 434 g/mol. The smallest absolute Gasteiger partial charge is 0.340 e. The van der Waals surface area contributed by atoms with Crippen molar-refractivity contribution in [3.63, 3.8) is 0 Å². The van der Waals surface area contributed by atoms with Gasteiger partial charge < -0.3 is 4.74 Å². The maximum Gasteiger partial charge on any atom is 0.340 e. The SMILES string of the molecule is CCC[Si@H]1CC[C@H](C2CCC(c3cc(F)c(OCC(F)(F)C(F)F)c(F)c3)CC2)CC1. The van der Waals surface area contributed by atoms with Gasteiger partial charge in [-0.25, -0.2) is 17.6 Å². The lowest BCUT2D eigenvalue weighted by Crippen LogP contribution is -2.34. The molecule has 0 radical (unpaired) electrons. The van der Waals surface area contributed by atoms with E-state index in [0.717, 1.165) is 43.7 Å². The van der Waals surface area contributed by atoms with E-state index in [1.807, 2.05) is 0 Å². The molecule has 0 aromatic heterocycles. The lowest BCUT2D eigenvalue weighted by atomic mass is 9.72. The number of alkyl halides is 4. The monoisotopic (exact) mass is 466 g/mol. The fraction of sp³-hybridized carbons (Fsp3) is 0.739. The Bertz CT molecular complexity index is 689. The Morgan fingerprint density at radius 1 is 0.968 bits per heavy atom. The van der Waals surface area contributed by atoms with Crippen LogP contribution >= 0.6 is 0 Å². The molecule has 1 aromatic carbocycles. The lowest BCUT2D eigenvalue weighted by Gasteiger charge is -2.37. The molecule has 0 amide bonds. The summed E-state index contributed by atoms with van der Waals surface area (Å²) in [4.78, 5) is 0. The molecule has 1 nitrogen and oxygen atoms in total. The van der Waals surface area contributed by atoms with Crippen molar-refractivity contribution >= 4 is 8.80 Å². The van der Waals surface area contributed by atoms with E-state index in [9.17, 15) is 26.3 Å². The average molecular weight is 467 g/mol. The zero-order valence-electron chi connectivity index (χ0n) is 18.0. The van der Waals surface area contributed by atoms with Gasteiger partial charge in [0.15, 0.2) is 24.0 Å². The maximum absolute atomic E-state index is 14.3. The number of rotatable bonds is 8. The highest BCUT2D eigenvalue weighted by Gasteiger charge is 2.42. The van der Waals surface area contributed by atoms with Crippen molar-refractivity contribution in [1.29, 1.82) is 0 Å². The van der Waals surface area contributed by atoms with E-state index >= 15 is 0 Å². The Balaban J connectivity index is 1.55. The third-order valence-corrected chi connectivity index (χ3v) is 10.9. The van der Waals surface area contributed by atoms with Gasteiger partial charge >= 0.3 is 12.3 Å². The molecule has 1 saturated carbocycles. The molecule has 2 fully saturated rings. The van der Waals surface area contributed by atoms with Crippen LogP contribution in [0.1, 0.15) is 63.4 Å². The van der Waals surface area contributed by atoms with Crippen LogP contribution in [0.5, 0.6) is 5.75 Å². The first-order valence-electron chi connectivity index (χ1n) is 11.5. The van der Waals surface area contributed by atoms with Crippen molar-refractivity contribution < 1.29 is 31.1 Å². The maximum atomic E-state index is 14.3. The molecule has 31 heavy (non-hydrogen) atoms. The Morgan fingerprint density at radius 3 is 2.03 bits per heavy atom. The van der Waals surface area contributed by atoms with Crippen LogP contribution in [0.2, 0.25) is 18.1 Å².